The van der Waals surface area contributed by atoms with Crippen molar-refractivity contribution in [2.75, 3.05) is 13.1 Å². The summed E-state index contributed by atoms with van der Waals surface area (Å²) in [6.45, 7) is 6.47. The molecule has 0 aromatic rings. The highest BCUT2D eigenvalue weighted by molar-refractivity contribution is 5.80. The summed E-state index contributed by atoms with van der Waals surface area (Å²) in [6.07, 6.45) is 39.6. The van der Waals surface area contributed by atoms with Crippen LogP contribution in [-0.4, -0.2) is 24.8 Å². The lowest BCUT2D eigenvalue weighted by molar-refractivity contribution is 0.550. The average molecular weight is 563 g/mol. The van der Waals surface area contributed by atoms with Crippen molar-refractivity contribution in [1.82, 2.24) is 5.32 Å². The highest BCUT2D eigenvalue weighted by Crippen LogP contribution is 2.13. The van der Waals surface area contributed by atoms with Crippen LogP contribution in [0.25, 0.3) is 0 Å². The zero-order valence-corrected chi connectivity index (χ0v) is 27.7. The van der Waals surface area contributed by atoms with Crippen molar-refractivity contribution in [2.45, 2.75) is 206 Å². The van der Waals surface area contributed by atoms with Gasteiger partial charge in [-0.25, -0.2) is 0 Å². The number of nitrogens with two attached hydrogens (primary N) is 1. The molecular formula is C36H74N4. The number of nitrogens with one attached hydrogen (secondary N) is 2. The van der Waals surface area contributed by atoms with Crippen molar-refractivity contribution in [3.63, 3.8) is 0 Å². The molecule has 4 nitrogen and oxygen atoms in total. The Morgan fingerprint density at radius 2 is 0.825 bits per heavy atom. The predicted octanol–water partition coefficient (Wildman–Crippen LogP) is 11.7. The van der Waals surface area contributed by atoms with Crippen molar-refractivity contribution in [3.05, 3.63) is 0 Å². The van der Waals surface area contributed by atoms with E-state index in [9.17, 15) is 0 Å². The van der Waals surface area contributed by atoms with Gasteiger partial charge in [-0.3, -0.25) is 10.4 Å². The van der Waals surface area contributed by atoms with Crippen molar-refractivity contribution < 1.29 is 0 Å². The maximum Gasteiger partial charge on any atom is 0.0937 e. The van der Waals surface area contributed by atoms with Gasteiger partial charge >= 0.3 is 0 Å². The Morgan fingerprint density at radius 3 is 1.27 bits per heavy atom. The average Bonchev–Trinajstić information content (AvgIpc) is 2.95. The number of hydrogen-bond donors (Lipinski definition) is 3. The highest BCUT2D eigenvalue weighted by Gasteiger charge is 1.99. The molecule has 40 heavy (non-hydrogen) atoms. The third kappa shape index (κ3) is 33.1. The zero-order valence-electron chi connectivity index (χ0n) is 27.7. The Hall–Kier alpha value is -1.06. The largest absolute Gasteiger partial charge is 0.387 e. The van der Waals surface area contributed by atoms with E-state index < -0.39 is 0 Å². The fourth-order valence-corrected chi connectivity index (χ4v) is 5.51. The number of aliphatic imine (C=N–C) groups is 1. The Kier molecular flexibility index (Phi) is 33.2. The van der Waals surface area contributed by atoms with Crippen LogP contribution in [0, 0.1) is 5.41 Å². The third-order valence-electron chi connectivity index (χ3n) is 8.30. The molecule has 0 aromatic carbocycles. The standard InChI is InChI=1S/C36H74N4/c1-3-5-7-9-11-15-19-23-27-31-35(37)39-33-29-25-21-17-13-14-18-22-26-30-34-40-36(38)32-28-24-20-16-12-10-8-6-4-2/h3-34H2,1-2H3,(H2,37,39)(H2,38,40). The summed E-state index contributed by atoms with van der Waals surface area (Å²) in [4.78, 5) is 4.60. The molecule has 0 rings (SSSR count). The molecule has 0 amide bonds. The molecule has 0 saturated carbocycles. The summed E-state index contributed by atoms with van der Waals surface area (Å²) < 4.78 is 0. The minimum absolute atomic E-state index is 0.759. The molecule has 0 fully saturated rings. The number of amidine groups is 2. The van der Waals surface area contributed by atoms with Crippen LogP contribution < -0.4 is 11.1 Å². The molecule has 0 radical (unpaired) electrons. The first-order chi connectivity index (χ1) is 19.7. The molecule has 238 valence electrons. The second-order valence-electron chi connectivity index (χ2n) is 12.5. The van der Waals surface area contributed by atoms with Gasteiger partial charge in [0.05, 0.1) is 11.7 Å². The monoisotopic (exact) mass is 563 g/mol. The normalized spacial score (nSPS) is 11.8. The smallest absolute Gasteiger partial charge is 0.0937 e. The molecule has 0 atom stereocenters. The van der Waals surface area contributed by atoms with Gasteiger partial charge in [-0.05, 0) is 25.7 Å². The van der Waals surface area contributed by atoms with Crippen LogP contribution in [-0.2, 0) is 0 Å². The van der Waals surface area contributed by atoms with Gasteiger partial charge < -0.3 is 11.1 Å². The predicted molar refractivity (Wildman–Crippen MR) is 182 cm³/mol. The van der Waals surface area contributed by atoms with Crippen LogP contribution in [0.5, 0.6) is 0 Å². The van der Waals surface area contributed by atoms with E-state index in [2.05, 4.69) is 24.2 Å². The molecule has 0 aliphatic rings. The van der Waals surface area contributed by atoms with Gasteiger partial charge in [-0.2, -0.15) is 0 Å². The van der Waals surface area contributed by atoms with E-state index in [1.165, 1.54) is 180 Å². The lowest BCUT2D eigenvalue weighted by atomic mass is 10.1. The SMILES string of the molecule is CCCCCCCCCCCC(=N)NCCCCCCCCCCCCN=C(N)CCCCCCCCCCC. The number of nitrogens with zero attached hydrogens (tertiary/aromatic N) is 1. The highest BCUT2D eigenvalue weighted by atomic mass is 14.9. The maximum absolute atomic E-state index is 8.10. The first kappa shape index (κ1) is 38.9. The fourth-order valence-electron chi connectivity index (χ4n) is 5.51. The van der Waals surface area contributed by atoms with Gasteiger partial charge in [0.25, 0.3) is 0 Å². The minimum Gasteiger partial charge on any atom is -0.387 e. The number of rotatable bonds is 33. The molecule has 0 unspecified atom stereocenters. The van der Waals surface area contributed by atoms with Crippen LogP contribution in [0.3, 0.4) is 0 Å². The van der Waals surface area contributed by atoms with E-state index in [4.69, 9.17) is 11.1 Å². The Balaban J connectivity index is 3.26. The van der Waals surface area contributed by atoms with Gasteiger partial charge in [-0.1, -0.05) is 168 Å². The van der Waals surface area contributed by atoms with Crippen molar-refractivity contribution in [2.24, 2.45) is 10.7 Å². The molecule has 0 saturated heterocycles. The van der Waals surface area contributed by atoms with E-state index in [-0.39, 0.29) is 0 Å². The Bertz CT molecular complexity index is 531. The third-order valence-corrected chi connectivity index (χ3v) is 8.30. The summed E-state index contributed by atoms with van der Waals surface area (Å²) in [5, 5.41) is 11.4. The summed E-state index contributed by atoms with van der Waals surface area (Å²) >= 11 is 0. The van der Waals surface area contributed by atoms with Gasteiger partial charge in [0, 0.05) is 25.9 Å². The first-order valence-electron chi connectivity index (χ1n) is 18.3. The van der Waals surface area contributed by atoms with Crippen LogP contribution >= 0.6 is 0 Å². The topological polar surface area (TPSA) is 74.3 Å². The van der Waals surface area contributed by atoms with E-state index in [1.807, 2.05) is 0 Å². The number of hydrogen-bond acceptors (Lipinski definition) is 2. The van der Waals surface area contributed by atoms with Gasteiger partial charge in [-0.15, -0.1) is 0 Å². The molecule has 4 N–H and O–H groups in total. The summed E-state index contributed by atoms with van der Waals surface area (Å²) in [6, 6.07) is 0. The fraction of sp³-hybridized carbons (Fsp3) is 0.944. The molecule has 0 bridgehead atoms. The second kappa shape index (κ2) is 34.1. The molecule has 0 aliphatic heterocycles. The van der Waals surface area contributed by atoms with E-state index in [0.717, 1.165) is 37.6 Å². The number of unbranched alkanes of at least 4 members (excludes halogenated alkanes) is 25. The molecular weight excluding hydrogens is 488 g/mol. The maximum atomic E-state index is 8.10. The van der Waals surface area contributed by atoms with Crippen molar-refractivity contribution >= 4 is 11.7 Å². The molecule has 0 spiro atoms. The first-order valence-corrected chi connectivity index (χ1v) is 18.3. The van der Waals surface area contributed by atoms with Gasteiger partial charge in [0.2, 0.25) is 0 Å². The van der Waals surface area contributed by atoms with Gasteiger partial charge in [0.15, 0.2) is 0 Å². The van der Waals surface area contributed by atoms with Crippen LogP contribution in [0.1, 0.15) is 206 Å². The van der Waals surface area contributed by atoms with Crippen LogP contribution in [0.15, 0.2) is 4.99 Å². The summed E-state index contributed by atoms with van der Waals surface area (Å²) in [5.41, 5.74) is 6.11. The molecule has 0 heterocycles. The van der Waals surface area contributed by atoms with E-state index >= 15 is 0 Å². The quantitative estimate of drug-likeness (QED) is 0.0422. The summed E-state index contributed by atoms with van der Waals surface area (Å²) in [7, 11) is 0. The van der Waals surface area contributed by atoms with Crippen LogP contribution in [0.2, 0.25) is 0 Å². The van der Waals surface area contributed by atoms with Crippen LogP contribution in [0.4, 0.5) is 0 Å². The summed E-state index contributed by atoms with van der Waals surface area (Å²) in [5.74, 6) is 1.64. The van der Waals surface area contributed by atoms with E-state index in [1.54, 1.807) is 0 Å². The zero-order chi connectivity index (χ0) is 29.2. The van der Waals surface area contributed by atoms with Gasteiger partial charge in [0.1, 0.15) is 0 Å². The lowest BCUT2D eigenvalue weighted by Gasteiger charge is -2.08. The molecule has 4 heteroatoms. The Labute approximate surface area is 252 Å². The molecule has 0 aliphatic carbocycles. The van der Waals surface area contributed by atoms with Crippen molar-refractivity contribution in [1.29, 1.82) is 5.41 Å². The molecule has 0 aromatic heterocycles. The Morgan fingerprint density at radius 1 is 0.475 bits per heavy atom. The van der Waals surface area contributed by atoms with E-state index in [0.29, 0.717) is 0 Å². The minimum atomic E-state index is 0.759. The van der Waals surface area contributed by atoms with Crippen molar-refractivity contribution in [3.8, 4) is 0 Å². The lowest BCUT2D eigenvalue weighted by Crippen LogP contribution is -2.23. The second-order valence-corrected chi connectivity index (χ2v) is 12.5.